The Morgan fingerprint density at radius 1 is 1.33 bits per heavy atom. The molecule has 1 heterocycles. The van der Waals surface area contributed by atoms with Crippen molar-refractivity contribution in [1.82, 2.24) is 5.32 Å². The Morgan fingerprint density at radius 2 is 2.06 bits per heavy atom. The highest BCUT2D eigenvalue weighted by Crippen LogP contribution is 2.29. The van der Waals surface area contributed by atoms with Crippen molar-refractivity contribution in [3.05, 3.63) is 35.4 Å². The summed E-state index contributed by atoms with van der Waals surface area (Å²) in [4.78, 5) is 0. The molecule has 0 aliphatic carbocycles. The van der Waals surface area contributed by atoms with Crippen LogP contribution < -0.4 is 5.32 Å². The summed E-state index contributed by atoms with van der Waals surface area (Å²) >= 11 is 0. The second-order valence-electron chi connectivity index (χ2n) is 4.76. The highest BCUT2D eigenvalue weighted by Gasteiger charge is 2.27. The van der Waals surface area contributed by atoms with Crippen LogP contribution in [-0.4, -0.2) is 19.8 Å². The zero-order valence-electron chi connectivity index (χ0n) is 10.6. The predicted octanol–water partition coefficient (Wildman–Crippen LogP) is 3.04. The van der Waals surface area contributed by atoms with Crippen LogP contribution in [0.5, 0.6) is 0 Å². The monoisotopic (exact) mass is 255 g/mol. The van der Waals surface area contributed by atoms with Gasteiger partial charge in [-0.2, -0.15) is 0 Å². The molecule has 0 amide bonds. The van der Waals surface area contributed by atoms with Gasteiger partial charge in [0.1, 0.15) is 11.6 Å². The molecule has 0 saturated carbocycles. The molecule has 0 radical (unpaired) electrons. The van der Waals surface area contributed by atoms with Crippen molar-refractivity contribution >= 4 is 0 Å². The number of ether oxygens (including phenoxy) is 1. The average Bonchev–Trinajstić information content (AvgIpc) is 2.82. The van der Waals surface area contributed by atoms with Crippen molar-refractivity contribution in [2.45, 2.75) is 25.8 Å². The van der Waals surface area contributed by atoms with Crippen LogP contribution in [0.15, 0.2) is 18.2 Å². The predicted molar refractivity (Wildman–Crippen MR) is 66.3 cm³/mol. The Kier molecular flexibility index (Phi) is 4.66. The molecule has 2 unspecified atom stereocenters. The lowest BCUT2D eigenvalue weighted by atomic mass is 9.92. The second-order valence-corrected chi connectivity index (χ2v) is 4.76. The molecule has 1 aliphatic heterocycles. The summed E-state index contributed by atoms with van der Waals surface area (Å²) in [6.45, 7) is 4.28. The van der Waals surface area contributed by atoms with E-state index in [1.165, 1.54) is 12.1 Å². The summed E-state index contributed by atoms with van der Waals surface area (Å²) in [6, 6.07) is 3.70. The Labute approximate surface area is 106 Å². The number of benzene rings is 1. The van der Waals surface area contributed by atoms with Crippen LogP contribution >= 0.6 is 0 Å². The maximum Gasteiger partial charge on any atom is 0.126 e. The highest BCUT2D eigenvalue weighted by atomic mass is 19.1. The molecular weight excluding hydrogens is 236 g/mol. The average molecular weight is 255 g/mol. The molecule has 1 aromatic carbocycles. The van der Waals surface area contributed by atoms with Gasteiger partial charge in [0.15, 0.2) is 0 Å². The van der Waals surface area contributed by atoms with Crippen molar-refractivity contribution in [2.75, 3.05) is 19.8 Å². The van der Waals surface area contributed by atoms with Crippen LogP contribution in [0.25, 0.3) is 0 Å². The van der Waals surface area contributed by atoms with E-state index in [-0.39, 0.29) is 12.0 Å². The van der Waals surface area contributed by atoms with E-state index in [0.29, 0.717) is 12.2 Å². The van der Waals surface area contributed by atoms with Gasteiger partial charge < -0.3 is 10.1 Å². The van der Waals surface area contributed by atoms with E-state index in [1.807, 2.05) is 0 Å². The zero-order chi connectivity index (χ0) is 13.0. The topological polar surface area (TPSA) is 21.3 Å². The molecule has 0 bridgehead atoms. The summed E-state index contributed by atoms with van der Waals surface area (Å²) in [5.74, 6) is -0.753. The minimum absolute atomic E-state index is 0.0300. The molecule has 2 nitrogen and oxygen atoms in total. The quantitative estimate of drug-likeness (QED) is 0.873. The number of hydrogen-bond donors (Lipinski definition) is 1. The third kappa shape index (κ3) is 3.27. The van der Waals surface area contributed by atoms with Gasteiger partial charge in [0.05, 0.1) is 6.61 Å². The molecule has 18 heavy (non-hydrogen) atoms. The van der Waals surface area contributed by atoms with Crippen molar-refractivity contribution in [1.29, 1.82) is 0 Å². The molecule has 1 saturated heterocycles. The first-order valence-corrected chi connectivity index (χ1v) is 6.48. The fourth-order valence-electron chi connectivity index (χ4n) is 2.43. The van der Waals surface area contributed by atoms with Gasteiger partial charge in [0, 0.05) is 24.6 Å². The fourth-order valence-corrected chi connectivity index (χ4v) is 2.43. The molecule has 1 aliphatic rings. The molecule has 2 rings (SSSR count). The largest absolute Gasteiger partial charge is 0.381 e. The zero-order valence-corrected chi connectivity index (χ0v) is 10.6. The lowest BCUT2D eigenvalue weighted by Crippen LogP contribution is -2.29. The molecule has 4 heteroatoms. The maximum absolute atomic E-state index is 13.3. The second kappa shape index (κ2) is 6.25. The summed E-state index contributed by atoms with van der Waals surface area (Å²) in [5, 5.41) is 3.37. The van der Waals surface area contributed by atoms with Crippen molar-refractivity contribution in [3.8, 4) is 0 Å². The van der Waals surface area contributed by atoms with Crippen LogP contribution in [0.4, 0.5) is 8.78 Å². The SMILES string of the molecule is CCCNC(c1cc(F)cc(F)c1)C1CCOC1. The minimum Gasteiger partial charge on any atom is -0.381 e. The van der Waals surface area contributed by atoms with Gasteiger partial charge in [0.25, 0.3) is 0 Å². The van der Waals surface area contributed by atoms with Crippen molar-refractivity contribution in [3.63, 3.8) is 0 Å². The van der Waals surface area contributed by atoms with Crippen LogP contribution in [0.2, 0.25) is 0 Å². The molecule has 2 atom stereocenters. The van der Waals surface area contributed by atoms with Gasteiger partial charge in [-0.05, 0) is 37.1 Å². The van der Waals surface area contributed by atoms with Crippen LogP contribution in [0.3, 0.4) is 0 Å². The van der Waals surface area contributed by atoms with E-state index < -0.39 is 11.6 Å². The van der Waals surface area contributed by atoms with Gasteiger partial charge in [-0.3, -0.25) is 0 Å². The van der Waals surface area contributed by atoms with Gasteiger partial charge >= 0.3 is 0 Å². The van der Waals surface area contributed by atoms with Crippen molar-refractivity contribution in [2.24, 2.45) is 5.92 Å². The van der Waals surface area contributed by atoms with Gasteiger partial charge in [0.2, 0.25) is 0 Å². The number of nitrogens with one attached hydrogen (secondary N) is 1. The van der Waals surface area contributed by atoms with E-state index in [4.69, 9.17) is 4.74 Å². The number of hydrogen-bond acceptors (Lipinski definition) is 2. The van der Waals surface area contributed by atoms with Crippen LogP contribution in [-0.2, 0) is 4.74 Å². The smallest absolute Gasteiger partial charge is 0.126 e. The van der Waals surface area contributed by atoms with E-state index in [2.05, 4.69) is 12.2 Å². The summed E-state index contributed by atoms with van der Waals surface area (Å²) in [5.41, 5.74) is 0.677. The van der Waals surface area contributed by atoms with Crippen molar-refractivity contribution < 1.29 is 13.5 Å². The lowest BCUT2D eigenvalue weighted by molar-refractivity contribution is 0.176. The Hall–Kier alpha value is -1.00. The number of rotatable bonds is 5. The third-order valence-corrected chi connectivity index (χ3v) is 3.29. The molecule has 1 N–H and O–H groups in total. The first-order chi connectivity index (χ1) is 8.70. The lowest BCUT2D eigenvalue weighted by Gasteiger charge is -2.24. The summed E-state index contributed by atoms with van der Waals surface area (Å²) in [7, 11) is 0. The Balaban J connectivity index is 2.20. The van der Waals surface area contributed by atoms with Gasteiger partial charge in [-0.25, -0.2) is 8.78 Å². The van der Waals surface area contributed by atoms with E-state index in [1.54, 1.807) is 0 Å². The Morgan fingerprint density at radius 3 is 2.61 bits per heavy atom. The Bertz CT molecular complexity index is 371. The summed E-state index contributed by atoms with van der Waals surface area (Å²) < 4.78 is 32.0. The number of halogens is 2. The first kappa shape index (κ1) is 13.4. The van der Waals surface area contributed by atoms with E-state index >= 15 is 0 Å². The third-order valence-electron chi connectivity index (χ3n) is 3.29. The molecular formula is C14H19F2NO. The first-order valence-electron chi connectivity index (χ1n) is 6.48. The van der Waals surface area contributed by atoms with Gasteiger partial charge in [-0.15, -0.1) is 0 Å². The molecule has 1 aromatic rings. The highest BCUT2D eigenvalue weighted by molar-refractivity contribution is 5.22. The maximum atomic E-state index is 13.3. The van der Waals surface area contributed by atoms with E-state index in [9.17, 15) is 8.78 Å². The van der Waals surface area contributed by atoms with E-state index in [0.717, 1.165) is 32.1 Å². The fraction of sp³-hybridized carbons (Fsp3) is 0.571. The normalized spacial score (nSPS) is 21.2. The minimum atomic E-state index is -0.521. The van der Waals surface area contributed by atoms with Crippen LogP contribution in [0.1, 0.15) is 31.4 Å². The molecule has 100 valence electrons. The van der Waals surface area contributed by atoms with Crippen LogP contribution in [0, 0.1) is 17.6 Å². The summed E-state index contributed by atoms with van der Waals surface area (Å²) in [6.07, 6.45) is 1.92. The standard InChI is InChI=1S/C14H19F2NO/c1-2-4-17-14(10-3-5-18-9-10)11-6-12(15)8-13(16)7-11/h6-8,10,14,17H,2-5,9H2,1H3. The van der Waals surface area contributed by atoms with Gasteiger partial charge in [-0.1, -0.05) is 6.92 Å². The molecule has 0 spiro atoms. The molecule has 1 fully saturated rings. The molecule has 0 aromatic heterocycles.